The molecule has 0 aliphatic heterocycles. The monoisotopic (exact) mass is 269 g/mol. The Labute approximate surface area is 113 Å². The van der Waals surface area contributed by atoms with E-state index in [0.717, 1.165) is 48.5 Å². The van der Waals surface area contributed by atoms with Gasteiger partial charge < -0.3 is 14.8 Å². The number of aliphatic hydroxyl groups is 1. The number of nitrogens with one attached hydrogen (secondary N) is 1. The van der Waals surface area contributed by atoms with Gasteiger partial charge in [-0.3, -0.25) is 0 Å². The number of thioether (sulfide) groups is 1. The third kappa shape index (κ3) is 4.34. The van der Waals surface area contributed by atoms with Gasteiger partial charge in [0.25, 0.3) is 0 Å². The average molecular weight is 269 g/mol. The van der Waals surface area contributed by atoms with Crippen LogP contribution in [-0.4, -0.2) is 29.8 Å². The molecule has 0 spiro atoms. The van der Waals surface area contributed by atoms with Gasteiger partial charge in [0, 0.05) is 24.8 Å². The number of hydrogen-bond donors (Lipinski definition) is 2. The first kappa shape index (κ1) is 14.0. The summed E-state index contributed by atoms with van der Waals surface area (Å²) in [6.07, 6.45) is 2.17. The van der Waals surface area contributed by atoms with E-state index in [9.17, 15) is 0 Å². The quantitative estimate of drug-likeness (QED) is 0.676. The van der Waals surface area contributed by atoms with Crippen LogP contribution in [0.15, 0.2) is 16.5 Å². The molecule has 1 heterocycles. The molecule has 0 bridgehead atoms. The summed E-state index contributed by atoms with van der Waals surface area (Å²) >= 11 is 1.88. The fourth-order valence-corrected chi connectivity index (χ4v) is 2.86. The summed E-state index contributed by atoms with van der Waals surface area (Å²) in [5.74, 6) is 5.82. The van der Waals surface area contributed by atoms with Gasteiger partial charge in [-0.2, -0.15) is 11.8 Å². The van der Waals surface area contributed by atoms with Crippen molar-refractivity contribution in [2.24, 2.45) is 5.92 Å². The van der Waals surface area contributed by atoms with Crippen molar-refractivity contribution in [2.45, 2.75) is 32.2 Å². The van der Waals surface area contributed by atoms with Crippen LogP contribution in [0.3, 0.4) is 0 Å². The Bertz CT molecular complexity index is 353. The Kier molecular flexibility index (Phi) is 5.60. The minimum absolute atomic E-state index is 0.301. The molecule has 2 atom stereocenters. The molecule has 3 nitrogen and oxygen atoms in total. The van der Waals surface area contributed by atoms with E-state index < -0.39 is 0 Å². The molecular weight excluding hydrogens is 246 g/mol. The number of furan rings is 1. The molecule has 102 valence electrons. The molecule has 2 rings (SSSR count). The maximum Gasteiger partial charge on any atom is 0.117 e. The van der Waals surface area contributed by atoms with Gasteiger partial charge in [-0.15, -0.1) is 0 Å². The third-order valence-corrected chi connectivity index (χ3v) is 4.40. The molecular formula is C14H23NO2S. The highest BCUT2D eigenvalue weighted by atomic mass is 32.2. The Hall–Kier alpha value is -0.450. The molecule has 1 aliphatic carbocycles. The minimum Gasteiger partial charge on any atom is -0.464 e. The molecule has 0 amide bonds. The Morgan fingerprint density at radius 3 is 3.00 bits per heavy atom. The van der Waals surface area contributed by atoms with Gasteiger partial charge in [-0.1, -0.05) is 6.92 Å². The van der Waals surface area contributed by atoms with Crippen LogP contribution in [0.2, 0.25) is 0 Å². The van der Waals surface area contributed by atoms with Crippen molar-refractivity contribution in [3.63, 3.8) is 0 Å². The third-order valence-electron chi connectivity index (χ3n) is 3.33. The summed E-state index contributed by atoms with van der Waals surface area (Å²) < 4.78 is 5.82. The van der Waals surface area contributed by atoms with Crippen molar-refractivity contribution < 1.29 is 9.52 Å². The molecule has 2 N–H and O–H groups in total. The highest BCUT2D eigenvalue weighted by Gasteiger charge is 2.36. The van der Waals surface area contributed by atoms with Gasteiger partial charge in [-0.05, 0) is 36.6 Å². The second kappa shape index (κ2) is 7.22. The van der Waals surface area contributed by atoms with E-state index in [-0.39, 0.29) is 0 Å². The lowest BCUT2D eigenvalue weighted by Gasteiger charge is -2.02. The molecule has 0 saturated heterocycles. The number of hydrogen-bond acceptors (Lipinski definition) is 4. The molecule has 1 saturated carbocycles. The first-order valence-corrected chi connectivity index (χ1v) is 7.94. The van der Waals surface area contributed by atoms with Gasteiger partial charge in [0.2, 0.25) is 0 Å². The summed E-state index contributed by atoms with van der Waals surface area (Å²) in [7, 11) is 0. The van der Waals surface area contributed by atoms with Gasteiger partial charge in [0.1, 0.15) is 11.5 Å². The highest BCUT2D eigenvalue weighted by Crippen LogP contribution is 2.47. The SMILES string of the molecule is CC1CC1c1ccc(CNCCSCCCO)o1. The van der Waals surface area contributed by atoms with Crippen molar-refractivity contribution >= 4 is 11.8 Å². The van der Waals surface area contributed by atoms with E-state index >= 15 is 0 Å². The zero-order valence-electron chi connectivity index (χ0n) is 11.0. The van der Waals surface area contributed by atoms with Crippen molar-refractivity contribution in [2.75, 3.05) is 24.7 Å². The smallest absolute Gasteiger partial charge is 0.117 e. The fourth-order valence-electron chi connectivity index (χ4n) is 2.03. The second-order valence-electron chi connectivity index (χ2n) is 4.99. The van der Waals surface area contributed by atoms with Crippen LogP contribution in [0.25, 0.3) is 0 Å². The minimum atomic E-state index is 0.301. The van der Waals surface area contributed by atoms with E-state index in [2.05, 4.69) is 24.4 Å². The van der Waals surface area contributed by atoms with Crippen molar-refractivity contribution in [3.8, 4) is 0 Å². The largest absolute Gasteiger partial charge is 0.464 e. The topological polar surface area (TPSA) is 45.4 Å². The standard InChI is InChI=1S/C14H23NO2S/c1-11-9-13(11)14-4-3-12(17-14)10-15-5-8-18-7-2-6-16/h3-4,11,13,15-16H,2,5-10H2,1H3. The van der Waals surface area contributed by atoms with E-state index in [1.807, 2.05) is 11.8 Å². The summed E-state index contributed by atoms with van der Waals surface area (Å²) in [6.45, 7) is 4.39. The molecule has 1 aliphatic rings. The lowest BCUT2D eigenvalue weighted by Crippen LogP contribution is -2.16. The Balaban J connectivity index is 1.55. The summed E-state index contributed by atoms with van der Waals surface area (Å²) in [4.78, 5) is 0. The normalized spacial score (nSPS) is 22.3. The van der Waals surface area contributed by atoms with Crippen LogP contribution >= 0.6 is 11.8 Å². The molecule has 0 aromatic carbocycles. The highest BCUT2D eigenvalue weighted by molar-refractivity contribution is 7.99. The van der Waals surface area contributed by atoms with Crippen molar-refractivity contribution in [1.29, 1.82) is 0 Å². The van der Waals surface area contributed by atoms with E-state index in [1.165, 1.54) is 6.42 Å². The average Bonchev–Trinajstić information content (AvgIpc) is 2.91. The number of rotatable bonds is 9. The predicted molar refractivity (Wildman–Crippen MR) is 76.0 cm³/mol. The molecule has 0 radical (unpaired) electrons. The molecule has 2 unspecified atom stereocenters. The van der Waals surface area contributed by atoms with Crippen molar-refractivity contribution in [1.82, 2.24) is 5.32 Å². The molecule has 1 fully saturated rings. The van der Waals surface area contributed by atoms with Crippen LogP contribution < -0.4 is 5.32 Å². The first-order valence-electron chi connectivity index (χ1n) is 6.79. The van der Waals surface area contributed by atoms with Crippen LogP contribution in [0.4, 0.5) is 0 Å². The molecule has 1 aromatic heterocycles. The zero-order chi connectivity index (χ0) is 12.8. The maximum atomic E-state index is 8.65. The fraction of sp³-hybridized carbons (Fsp3) is 0.714. The summed E-state index contributed by atoms with van der Waals surface area (Å²) in [5.41, 5.74) is 0. The van der Waals surface area contributed by atoms with Gasteiger partial charge in [-0.25, -0.2) is 0 Å². The van der Waals surface area contributed by atoms with Crippen molar-refractivity contribution in [3.05, 3.63) is 23.7 Å². The Morgan fingerprint density at radius 1 is 1.44 bits per heavy atom. The van der Waals surface area contributed by atoms with Crippen LogP contribution in [0.5, 0.6) is 0 Å². The lowest BCUT2D eigenvalue weighted by molar-refractivity contribution is 0.296. The summed E-state index contributed by atoms with van der Waals surface area (Å²) in [6, 6.07) is 4.22. The van der Waals surface area contributed by atoms with E-state index in [0.29, 0.717) is 12.5 Å². The Morgan fingerprint density at radius 2 is 2.28 bits per heavy atom. The number of aliphatic hydroxyl groups excluding tert-OH is 1. The predicted octanol–water partition coefficient (Wildman–Crippen LogP) is 2.61. The van der Waals surface area contributed by atoms with E-state index in [4.69, 9.17) is 9.52 Å². The van der Waals surface area contributed by atoms with Gasteiger partial charge in [0.05, 0.1) is 6.54 Å². The summed E-state index contributed by atoms with van der Waals surface area (Å²) in [5, 5.41) is 12.0. The van der Waals surface area contributed by atoms with Crippen LogP contribution in [0, 0.1) is 5.92 Å². The van der Waals surface area contributed by atoms with E-state index in [1.54, 1.807) is 0 Å². The second-order valence-corrected chi connectivity index (χ2v) is 6.21. The van der Waals surface area contributed by atoms with Gasteiger partial charge in [0.15, 0.2) is 0 Å². The maximum absolute atomic E-state index is 8.65. The zero-order valence-corrected chi connectivity index (χ0v) is 11.8. The van der Waals surface area contributed by atoms with Crippen LogP contribution in [0.1, 0.15) is 37.2 Å². The van der Waals surface area contributed by atoms with Crippen LogP contribution in [-0.2, 0) is 6.54 Å². The molecule has 1 aromatic rings. The first-order chi connectivity index (χ1) is 8.81. The van der Waals surface area contributed by atoms with Gasteiger partial charge >= 0.3 is 0 Å². The molecule has 4 heteroatoms. The lowest BCUT2D eigenvalue weighted by atomic mass is 10.3. The molecule has 18 heavy (non-hydrogen) atoms.